The maximum Gasteiger partial charge on any atom is 0.0900 e. The van der Waals surface area contributed by atoms with E-state index >= 15 is 0 Å². The van der Waals surface area contributed by atoms with Crippen LogP contribution in [0.5, 0.6) is 0 Å². The smallest absolute Gasteiger partial charge is 0.0900 e. The lowest BCUT2D eigenvalue weighted by Crippen LogP contribution is -1.93. The molecule has 0 spiro atoms. The summed E-state index contributed by atoms with van der Waals surface area (Å²) < 4.78 is 10.3. The number of hydrogen-bond donors (Lipinski definition) is 0. The van der Waals surface area contributed by atoms with E-state index in [2.05, 4.69) is 23.5 Å². The second-order valence-electron chi connectivity index (χ2n) is 4.12. The molecule has 15 heavy (non-hydrogen) atoms. The van der Waals surface area contributed by atoms with Crippen molar-refractivity contribution in [2.75, 3.05) is 36.2 Å². The Bertz CT molecular complexity index is 152. The van der Waals surface area contributed by atoms with Crippen molar-refractivity contribution in [2.45, 2.75) is 31.5 Å². The summed E-state index contributed by atoms with van der Waals surface area (Å²) in [7, 11) is 0. The molecule has 2 unspecified atom stereocenters. The molecule has 0 bridgehead atoms. The zero-order valence-corrected chi connectivity index (χ0v) is 10.8. The minimum atomic E-state index is 0.601. The average Bonchev–Trinajstić information content (AvgIpc) is 3.10. The second kappa shape index (κ2) is 7.05. The molecule has 2 fully saturated rings. The zero-order chi connectivity index (χ0) is 10.3. The van der Waals surface area contributed by atoms with Crippen LogP contribution in [0.4, 0.5) is 0 Å². The number of thioether (sulfide) groups is 2. The molecule has 2 atom stereocenters. The molecule has 4 heteroatoms. The van der Waals surface area contributed by atoms with Gasteiger partial charge in [0.2, 0.25) is 0 Å². The fraction of sp³-hybridized carbons (Fsp3) is 1.00. The van der Waals surface area contributed by atoms with E-state index in [9.17, 15) is 0 Å². The van der Waals surface area contributed by atoms with Gasteiger partial charge in [-0.3, -0.25) is 0 Å². The quantitative estimate of drug-likeness (QED) is 0.438. The summed E-state index contributed by atoms with van der Waals surface area (Å²) in [4.78, 5) is 0. The SMILES string of the molecule is C(CCSCC1CO1)CCSCC1CO1. The van der Waals surface area contributed by atoms with Gasteiger partial charge in [-0.2, -0.15) is 23.5 Å². The Morgan fingerprint density at radius 1 is 0.800 bits per heavy atom. The molecule has 0 N–H and O–H groups in total. The molecule has 2 rings (SSSR count). The average molecular weight is 248 g/mol. The molecule has 2 saturated heterocycles. The summed E-state index contributed by atoms with van der Waals surface area (Å²) >= 11 is 4.10. The Labute approximate surface area is 101 Å². The Morgan fingerprint density at radius 3 is 1.67 bits per heavy atom. The fourth-order valence-corrected chi connectivity index (χ4v) is 3.40. The van der Waals surface area contributed by atoms with Gasteiger partial charge < -0.3 is 9.47 Å². The number of rotatable bonds is 10. The normalized spacial score (nSPS) is 28.0. The van der Waals surface area contributed by atoms with Crippen LogP contribution in [0.3, 0.4) is 0 Å². The maximum atomic E-state index is 5.16. The zero-order valence-electron chi connectivity index (χ0n) is 9.15. The van der Waals surface area contributed by atoms with Crippen molar-refractivity contribution < 1.29 is 9.47 Å². The first kappa shape index (κ1) is 12.1. The standard InChI is InChI=1S/C11H20O2S2/c1(2-4-14-8-10-6-12-10)3-5-15-9-11-7-13-11/h10-11H,1-9H2. The molecule has 0 aromatic rings. The lowest BCUT2D eigenvalue weighted by molar-refractivity contribution is 0.426. The van der Waals surface area contributed by atoms with Gasteiger partial charge in [-0.1, -0.05) is 6.42 Å². The van der Waals surface area contributed by atoms with E-state index in [1.54, 1.807) is 0 Å². The Morgan fingerprint density at radius 2 is 1.27 bits per heavy atom. The summed E-state index contributed by atoms with van der Waals surface area (Å²) in [6, 6.07) is 0. The fourth-order valence-electron chi connectivity index (χ4n) is 1.34. The van der Waals surface area contributed by atoms with Gasteiger partial charge in [0.05, 0.1) is 25.4 Å². The third kappa shape index (κ3) is 6.72. The van der Waals surface area contributed by atoms with Crippen LogP contribution in [0.1, 0.15) is 19.3 Å². The first-order valence-electron chi connectivity index (χ1n) is 5.84. The van der Waals surface area contributed by atoms with Gasteiger partial charge in [-0.15, -0.1) is 0 Å². The van der Waals surface area contributed by atoms with E-state index in [4.69, 9.17) is 9.47 Å². The van der Waals surface area contributed by atoms with Crippen LogP contribution in [0.25, 0.3) is 0 Å². The van der Waals surface area contributed by atoms with Gasteiger partial charge in [-0.05, 0) is 24.3 Å². The van der Waals surface area contributed by atoms with Gasteiger partial charge in [0.1, 0.15) is 0 Å². The molecule has 0 aliphatic carbocycles. The van der Waals surface area contributed by atoms with Crippen LogP contribution >= 0.6 is 23.5 Å². The molecular weight excluding hydrogens is 228 g/mol. The summed E-state index contributed by atoms with van der Waals surface area (Å²) in [5.74, 6) is 5.06. The largest absolute Gasteiger partial charge is 0.372 e. The molecule has 2 aliphatic rings. The molecule has 0 aromatic heterocycles. The van der Waals surface area contributed by atoms with Crippen LogP contribution in [-0.2, 0) is 9.47 Å². The van der Waals surface area contributed by atoms with Gasteiger partial charge in [0.25, 0.3) is 0 Å². The Balaban J connectivity index is 1.23. The molecule has 0 amide bonds. The predicted molar refractivity (Wildman–Crippen MR) is 68.0 cm³/mol. The van der Waals surface area contributed by atoms with Crippen molar-refractivity contribution in [1.82, 2.24) is 0 Å². The minimum absolute atomic E-state index is 0.601. The van der Waals surface area contributed by atoms with Gasteiger partial charge in [0.15, 0.2) is 0 Å². The number of ether oxygens (including phenoxy) is 2. The molecule has 88 valence electrons. The topological polar surface area (TPSA) is 25.1 Å². The van der Waals surface area contributed by atoms with Crippen molar-refractivity contribution in [3.63, 3.8) is 0 Å². The molecule has 2 heterocycles. The highest BCUT2D eigenvalue weighted by atomic mass is 32.2. The van der Waals surface area contributed by atoms with Gasteiger partial charge in [-0.25, -0.2) is 0 Å². The Hall–Kier alpha value is 0.620. The first-order valence-corrected chi connectivity index (χ1v) is 8.15. The highest BCUT2D eigenvalue weighted by Crippen LogP contribution is 2.19. The van der Waals surface area contributed by atoms with Crippen molar-refractivity contribution in [3.05, 3.63) is 0 Å². The summed E-state index contributed by atoms with van der Waals surface area (Å²) in [6.45, 7) is 2.01. The van der Waals surface area contributed by atoms with E-state index in [0.29, 0.717) is 12.2 Å². The van der Waals surface area contributed by atoms with Crippen molar-refractivity contribution in [2.24, 2.45) is 0 Å². The van der Waals surface area contributed by atoms with Crippen LogP contribution in [0, 0.1) is 0 Å². The van der Waals surface area contributed by atoms with E-state index in [1.807, 2.05) is 0 Å². The molecular formula is C11H20O2S2. The van der Waals surface area contributed by atoms with Crippen LogP contribution in [0.15, 0.2) is 0 Å². The number of epoxide rings is 2. The molecule has 0 aromatic carbocycles. The molecule has 0 saturated carbocycles. The highest BCUT2D eigenvalue weighted by molar-refractivity contribution is 7.99. The van der Waals surface area contributed by atoms with Crippen LogP contribution < -0.4 is 0 Å². The van der Waals surface area contributed by atoms with E-state index < -0.39 is 0 Å². The van der Waals surface area contributed by atoms with Gasteiger partial charge in [0, 0.05) is 11.5 Å². The lowest BCUT2D eigenvalue weighted by atomic mass is 10.3. The van der Waals surface area contributed by atoms with Crippen molar-refractivity contribution in [3.8, 4) is 0 Å². The lowest BCUT2D eigenvalue weighted by Gasteiger charge is -2.00. The summed E-state index contributed by atoms with van der Waals surface area (Å²) in [5.41, 5.74) is 0. The van der Waals surface area contributed by atoms with Crippen molar-refractivity contribution >= 4 is 23.5 Å². The van der Waals surface area contributed by atoms with Crippen LogP contribution in [-0.4, -0.2) is 48.4 Å². The summed E-state index contributed by atoms with van der Waals surface area (Å²) in [6.07, 6.45) is 5.33. The molecule has 2 nitrogen and oxygen atoms in total. The monoisotopic (exact) mass is 248 g/mol. The molecule has 0 radical (unpaired) electrons. The van der Waals surface area contributed by atoms with E-state index in [1.165, 1.54) is 42.3 Å². The number of hydrogen-bond acceptors (Lipinski definition) is 4. The third-order valence-corrected chi connectivity index (χ3v) is 4.86. The van der Waals surface area contributed by atoms with Gasteiger partial charge >= 0.3 is 0 Å². The van der Waals surface area contributed by atoms with E-state index in [-0.39, 0.29) is 0 Å². The highest BCUT2D eigenvalue weighted by Gasteiger charge is 2.22. The van der Waals surface area contributed by atoms with E-state index in [0.717, 1.165) is 13.2 Å². The number of unbranched alkanes of at least 4 members (excludes halogenated alkanes) is 2. The summed E-state index contributed by atoms with van der Waals surface area (Å²) in [5, 5.41) is 0. The van der Waals surface area contributed by atoms with Crippen LogP contribution in [0.2, 0.25) is 0 Å². The maximum absolute atomic E-state index is 5.16. The minimum Gasteiger partial charge on any atom is -0.372 e. The first-order chi connectivity index (χ1) is 7.45. The predicted octanol–water partition coefficient (Wildman–Crippen LogP) is 2.42. The Kier molecular flexibility index (Phi) is 5.68. The second-order valence-corrected chi connectivity index (χ2v) is 6.42. The molecule has 2 aliphatic heterocycles. The third-order valence-electron chi connectivity index (χ3n) is 2.49. The van der Waals surface area contributed by atoms with Crippen molar-refractivity contribution in [1.29, 1.82) is 0 Å².